The molecule has 4 heteroatoms. The van der Waals surface area contributed by atoms with Crippen LogP contribution in [0, 0.1) is 11.8 Å². The summed E-state index contributed by atoms with van der Waals surface area (Å²) in [6, 6.07) is 0. The van der Waals surface area contributed by atoms with Crippen molar-refractivity contribution in [3.63, 3.8) is 0 Å². The Labute approximate surface area is 80.6 Å². The minimum atomic E-state index is 0.314. The molecule has 0 aliphatic rings. The summed E-state index contributed by atoms with van der Waals surface area (Å²) in [7, 11) is 0. The van der Waals surface area contributed by atoms with Crippen molar-refractivity contribution in [2.75, 3.05) is 13.1 Å². The van der Waals surface area contributed by atoms with Gasteiger partial charge in [0, 0.05) is 5.92 Å². The lowest BCUT2D eigenvalue weighted by molar-refractivity contribution is -0.468. The van der Waals surface area contributed by atoms with E-state index in [0.29, 0.717) is 11.9 Å². The molecule has 4 nitrogen and oxygen atoms in total. The van der Waals surface area contributed by atoms with Gasteiger partial charge in [-0.2, -0.15) is 0 Å². The summed E-state index contributed by atoms with van der Waals surface area (Å²) in [5.74, 6) is 1.65. The van der Waals surface area contributed by atoms with Crippen molar-refractivity contribution >= 4 is 5.96 Å². The first kappa shape index (κ1) is 12.2. The zero-order chi connectivity index (χ0) is 10.3. The molecular formula is C9H24N4+2. The molecule has 0 amide bonds. The van der Waals surface area contributed by atoms with E-state index in [-0.39, 0.29) is 0 Å². The molecular weight excluding hydrogens is 164 g/mol. The zero-order valence-electron chi connectivity index (χ0n) is 8.84. The Morgan fingerprint density at radius 2 is 2.08 bits per heavy atom. The Kier molecular flexibility index (Phi) is 6.32. The predicted molar refractivity (Wildman–Crippen MR) is 54.5 cm³/mol. The highest BCUT2D eigenvalue weighted by Gasteiger charge is 2.11. The van der Waals surface area contributed by atoms with Crippen molar-refractivity contribution in [1.82, 2.24) is 0 Å². The molecule has 78 valence electrons. The van der Waals surface area contributed by atoms with Gasteiger partial charge in [0.15, 0.2) is 0 Å². The monoisotopic (exact) mass is 188 g/mol. The predicted octanol–water partition coefficient (Wildman–Crippen LogP) is -2.37. The van der Waals surface area contributed by atoms with Gasteiger partial charge in [0.25, 0.3) is 0 Å². The summed E-state index contributed by atoms with van der Waals surface area (Å²) in [5, 5.41) is 0. The fourth-order valence-electron chi connectivity index (χ4n) is 1.43. The van der Waals surface area contributed by atoms with Gasteiger partial charge in [-0.05, 0) is 18.8 Å². The van der Waals surface area contributed by atoms with Gasteiger partial charge >= 0.3 is 5.96 Å². The molecule has 0 fully saturated rings. The molecule has 0 spiro atoms. The maximum Gasteiger partial charge on any atom is 0.338 e. The van der Waals surface area contributed by atoms with E-state index in [2.05, 4.69) is 24.6 Å². The number of hydrogen-bond donors (Lipinski definition) is 4. The smallest absolute Gasteiger partial charge is 0.338 e. The van der Waals surface area contributed by atoms with E-state index in [4.69, 9.17) is 11.5 Å². The van der Waals surface area contributed by atoms with Crippen molar-refractivity contribution in [3.8, 4) is 0 Å². The molecule has 0 aromatic rings. The number of rotatable bonds is 6. The maximum absolute atomic E-state index is 5.31. The van der Waals surface area contributed by atoms with Crippen LogP contribution in [0.2, 0.25) is 0 Å². The van der Waals surface area contributed by atoms with Crippen LogP contribution in [0.3, 0.4) is 0 Å². The van der Waals surface area contributed by atoms with Gasteiger partial charge in [-0.15, -0.1) is 0 Å². The van der Waals surface area contributed by atoms with E-state index < -0.39 is 0 Å². The van der Waals surface area contributed by atoms with E-state index >= 15 is 0 Å². The third-order valence-corrected chi connectivity index (χ3v) is 2.38. The van der Waals surface area contributed by atoms with Crippen LogP contribution in [-0.4, -0.2) is 19.0 Å². The van der Waals surface area contributed by atoms with E-state index in [9.17, 15) is 0 Å². The third-order valence-electron chi connectivity index (χ3n) is 2.38. The first-order chi connectivity index (χ1) is 6.10. The maximum atomic E-state index is 5.31. The average molecular weight is 188 g/mol. The topological polar surface area (TPSA) is 93.6 Å². The summed E-state index contributed by atoms with van der Waals surface area (Å²) >= 11 is 0. The molecule has 0 aliphatic heterocycles. The first-order valence-electron chi connectivity index (χ1n) is 5.01. The number of nitrogens with one attached hydrogen (secondary N) is 1. The van der Waals surface area contributed by atoms with Gasteiger partial charge in [0.05, 0.1) is 13.1 Å². The largest absolute Gasteiger partial charge is 0.357 e. The van der Waals surface area contributed by atoms with Crippen LogP contribution < -0.4 is 22.2 Å². The minimum absolute atomic E-state index is 0.314. The van der Waals surface area contributed by atoms with Gasteiger partial charge < -0.3 is 5.73 Å². The van der Waals surface area contributed by atoms with Crippen molar-refractivity contribution in [3.05, 3.63) is 0 Å². The average Bonchev–Trinajstić information content (AvgIpc) is 2.10. The molecule has 0 saturated carbocycles. The van der Waals surface area contributed by atoms with Crippen LogP contribution in [0.4, 0.5) is 0 Å². The fourth-order valence-corrected chi connectivity index (χ4v) is 1.43. The van der Waals surface area contributed by atoms with Gasteiger partial charge in [0.2, 0.25) is 0 Å². The molecule has 0 heterocycles. The number of quaternary nitrogens is 1. The standard InChI is InChI=1S/C9H22N4/c1-3-8(5-10)4-7(2)6-13-9(11)12/h7-8H,3-6,10H2,1-2H3,(H4,11,12,13)/p+2. The lowest BCUT2D eigenvalue weighted by atomic mass is 9.94. The van der Waals surface area contributed by atoms with Gasteiger partial charge in [-0.3, -0.25) is 16.5 Å². The van der Waals surface area contributed by atoms with Gasteiger partial charge in [-0.25, -0.2) is 0 Å². The molecule has 0 bridgehead atoms. The Balaban J connectivity index is 3.72. The van der Waals surface area contributed by atoms with Crippen molar-refractivity contribution < 1.29 is 10.7 Å². The van der Waals surface area contributed by atoms with Crippen LogP contribution in [0.1, 0.15) is 26.7 Å². The van der Waals surface area contributed by atoms with E-state index in [1.165, 1.54) is 12.8 Å². The van der Waals surface area contributed by atoms with E-state index in [1.54, 1.807) is 0 Å². The SMILES string of the molecule is CCC(C[NH3+])CC(C)C[NH+]=C(N)N. The van der Waals surface area contributed by atoms with Crippen molar-refractivity contribution in [2.24, 2.45) is 23.3 Å². The molecule has 0 saturated heterocycles. The molecule has 13 heavy (non-hydrogen) atoms. The minimum Gasteiger partial charge on any atom is -0.357 e. The van der Waals surface area contributed by atoms with Crippen molar-refractivity contribution in [2.45, 2.75) is 26.7 Å². The summed E-state index contributed by atoms with van der Waals surface area (Å²) in [6.07, 6.45) is 2.40. The first-order valence-corrected chi connectivity index (χ1v) is 5.01. The fraction of sp³-hybridized carbons (Fsp3) is 0.889. The molecule has 0 radical (unpaired) electrons. The molecule has 0 rings (SSSR count). The summed E-state index contributed by atoms with van der Waals surface area (Å²) < 4.78 is 0. The Morgan fingerprint density at radius 1 is 1.46 bits per heavy atom. The summed E-state index contributed by atoms with van der Waals surface area (Å²) in [4.78, 5) is 2.95. The number of guanidine groups is 1. The molecule has 2 atom stereocenters. The highest BCUT2D eigenvalue weighted by molar-refractivity contribution is 5.69. The molecule has 2 unspecified atom stereocenters. The highest BCUT2D eigenvalue weighted by Crippen LogP contribution is 2.11. The molecule has 0 aromatic heterocycles. The summed E-state index contributed by atoms with van der Waals surface area (Å²) in [5.41, 5.74) is 14.5. The van der Waals surface area contributed by atoms with E-state index in [0.717, 1.165) is 19.0 Å². The second-order valence-corrected chi connectivity index (χ2v) is 3.74. The third kappa shape index (κ3) is 6.40. The molecule has 0 aliphatic carbocycles. The molecule has 8 N–H and O–H groups in total. The number of hydrogen-bond acceptors (Lipinski definition) is 0. The quantitative estimate of drug-likeness (QED) is 0.277. The Hall–Kier alpha value is -0.770. The second kappa shape index (κ2) is 6.71. The molecule has 0 aromatic carbocycles. The highest BCUT2D eigenvalue weighted by atomic mass is 15.0. The van der Waals surface area contributed by atoms with Gasteiger partial charge in [-0.1, -0.05) is 13.8 Å². The van der Waals surface area contributed by atoms with Crippen LogP contribution in [0.25, 0.3) is 0 Å². The van der Waals surface area contributed by atoms with Crippen LogP contribution in [0.15, 0.2) is 0 Å². The Bertz CT molecular complexity index is 148. The van der Waals surface area contributed by atoms with Crippen LogP contribution in [-0.2, 0) is 0 Å². The second-order valence-electron chi connectivity index (χ2n) is 3.74. The van der Waals surface area contributed by atoms with Crippen molar-refractivity contribution in [1.29, 1.82) is 0 Å². The lowest BCUT2D eigenvalue weighted by Gasteiger charge is -2.14. The van der Waals surface area contributed by atoms with Crippen LogP contribution >= 0.6 is 0 Å². The van der Waals surface area contributed by atoms with Gasteiger partial charge in [0.1, 0.15) is 0 Å². The zero-order valence-corrected chi connectivity index (χ0v) is 8.84. The Morgan fingerprint density at radius 3 is 2.46 bits per heavy atom. The lowest BCUT2D eigenvalue weighted by Crippen LogP contribution is -2.79. The number of nitrogens with two attached hydrogens (primary N) is 2. The summed E-state index contributed by atoms with van der Waals surface area (Å²) in [6.45, 7) is 6.29. The normalized spacial score (nSPS) is 15.0. The van der Waals surface area contributed by atoms with Crippen LogP contribution in [0.5, 0.6) is 0 Å². The van der Waals surface area contributed by atoms with E-state index in [1.807, 2.05) is 0 Å².